The van der Waals surface area contributed by atoms with Crippen LogP contribution in [0.2, 0.25) is 0 Å². The average Bonchev–Trinajstić information content (AvgIpc) is 2.38. The third-order valence-electron chi connectivity index (χ3n) is 3.33. The second-order valence-corrected chi connectivity index (χ2v) is 5.50. The van der Waals surface area contributed by atoms with Gasteiger partial charge in [0.15, 0.2) is 0 Å². The Bertz CT molecular complexity index is 557. The highest BCUT2D eigenvalue weighted by Gasteiger charge is 2.12. The smallest absolute Gasteiger partial charge is 0.146 e. The topological polar surface area (TPSA) is 51.8 Å². The zero-order chi connectivity index (χ0) is 14.0. The summed E-state index contributed by atoms with van der Waals surface area (Å²) in [6, 6.07) is 10.3. The van der Waals surface area contributed by atoms with Crippen LogP contribution in [0.4, 0.5) is 5.82 Å². The molecule has 2 rings (SSSR count). The number of aromatic nitrogens is 2. The van der Waals surface area contributed by atoms with Gasteiger partial charge in [-0.25, -0.2) is 0 Å². The van der Waals surface area contributed by atoms with Gasteiger partial charge in [0.1, 0.15) is 5.82 Å². The van der Waals surface area contributed by atoms with Crippen molar-refractivity contribution in [3.05, 3.63) is 41.5 Å². The summed E-state index contributed by atoms with van der Waals surface area (Å²) in [4.78, 5) is 0. The summed E-state index contributed by atoms with van der Waals surface area (Å²) in [6.07, 6.45) is 0. The van der Waals surface area contributed by atoms with E-state index in [0.29, 0.717) is 17.7 Å². The molecule has 100 valence electrons. The number of nitrogens with zero attached hydrogens (tertiary/aromatic N) is 2. The quantitative estimate of drug-likeness (QED) is 0.902. The Morgan fingerprint density at radius 2 is 1.63 bits per heavy atom. The first-order chi connectivity index (χ1) is 8.99. The van der Waals surface area contributed by atoms with Gasteiger partial charge in [-0.15, -0.1) is 10.2 Å². The molecule has 0 spiro atoms. The van der Waals surface area contributed by atoms with Crippen LogP contribution in [0.25, 0.3) is 11.3 Å². The summed E-state index contributed by atoms with van der Waals surface area (Å²) in [6.45, 7) is 8.83. The maximum atomic E-state index is 5.59. The van der Waals surface area contributed by atoms with Gasteiger partial charge in [0.2, 0.25) is 0 Å². The lowest BCUT2D eigenvalue weighted by Gasteiger charge is -2.15. The van der Waals surface area contributed by atoms with E-state index in [1.807, 2.05) is 6.07 Å². The summed E-state index contributed by atoms with van der Waals surface area (Å²) in [5, 5.41) is 8.13. The molecule has 0 unspecified atom stereocenters. The van der Waals surface area contributed by atoms with Gasteiger partial charge < -0.3 is 5.73 Å². The van der Waals surface area contributed by atoms with Gasteiger partial charge in [0.05, 0.1) is 5.69 Å². The molecule has 0 saturated carbocycles. The first-order valence-corrected chi connectivity index (χ1v) is 6.72. The Labute approximate surface area is 114 Å². The monoisotopic (exact) mass is 255 g/mol. The minimum atomic E-state index is 0.452. The van der Waals surface area contributed by atoms with Crippen molar-refractivity contribution in [2.75, 3.05) is 5.73 Å². The van der Waals surface area contributed by atoms with Crippen LogP contribution in [0.15, 0.2) is 30.3 Å². The Morgan fingerprint density at radius 3 is 2.16 bits per heavy atom. The molecule has 0 atom stereocenters. The van der Waals surface area contributed by atoms with Crippen molar-refractivity contribution in [3.63, 3.8) is 0 Å². The fourth-order valence-electron chi connectivity index (χ4n) is 2.14. The van der Waals surface area contributed by atoms with Gasteiger partial charge in [-0.3, -0.25) is 0 Å². The van der Waals surface area contributed by atoms with Crippen LogP contribution in [0, 0.1) is 0 Å². The molecule has 1 aromatic heterocycles. The molecule has 2 N–H and O–H groups in total. The summed E-state index contributed by atoms with van der Waals surface area (Å²) >= 11 is 0. The first kappa shape index (κ1) is 13.5. The summed E-state index contributed by atoms with van der Waals surface area (Å²) < 4.78 is 0. The number of rotatable bonds is 3. The number of hydrogen-bond donors (Lipinski definition) is 1. The Balaban J connectivity index is 2.53. The van der Waals surface area contributed by atoms with E-state index in [0.717, 1.165) is 11.3 Å². The number of benzene rings is 1. The van der Waals surface area contributed by atoms with E-state index in [1.165, 1.54) is 11.1 Å². The van der Waals surface area contributed by atoms with E-state index >= 15 is 0 Å². The summed E-state index contributed by atoms with van der Waals surface area (Å²) in [5.41, 5.74) is 10.3. The standard InChI is InChI=1S/C16H21N3/c1-10(2)12-5-6-13(14(9-12)11(3)4)15-7-8-16(17)19-18-15/h5-11H,1-4H3,(H2,17,19). The molecule has 3 nitrogen and oxygen atoms in total. The lowest BCUT2D eigenvalue weighted by atomic mass is 9.90. The van der Waals surface area contributed by atoms with Crippen LogP contribution in [-0.4, -0.2) is 10.2 Å². The molecule has 0 aliphatic heterocycles. The molecule has 2 aromatic rings. The Hall–Kier alpha value is -1.90. The molecule has 0 saturated heterocycles. The fraction of sp³-hybridized carbons (Fsp3) is 0.375. The van der Waals surface area contributed by atoms with Crippen molar-refractivity contribution in [1.29, 1.82) is 0 Å². The molecular weight excluding hydrogens is 234 g/mol. The normalized spacial score (nSPS) is 11.3. The second kappa shape index (κ2) is 5.39. The number of nitrogen functional groups attached to an aromatic ring is 1. The molecule has 19 heavy (non-hydrogen) atoms. The zero-order valence-corrected chi connectivity index (χ0v) is 12.0. The van der Waals surface area contributed by atoms with E-state index < -0.39 is 0 Å². The van der Waals surface area contributed by atoms with E-state index in [2.05, 4.69) is 56.1 Å². The van der Waals surface area contributed by atoms with Crippen molar-refractivity contribution < 1.29 is 0 Å². The number of nitrogens with two attached hydrogens (primary N) is 1. The van der Waals surface area contributed by atoms with E-state index in [4.69, 9.17) is 5.73 Å². The summed E-state index contributed by atoms with van der Waals surface area (Å²) in [7, 11) is 0. The predicted molar refractivity (Wildman–Crippen MR) is 80.1 cm³/mol. The minimum absolute atomic E-state index is 0.452. The van der Waals surface area contributed by atoms with Gasteiger partial charge in [0, 0.05) is 5.56 Å². The van der Waals surface area contributed by atoms with Crippen molar-refractivity contribution in [3.8, 4) is 11.3 Å². The Morgan fingerprint density at radius 1 is 0.895 bits per heavy atom. The van der Waals surface area contributed by atoms with Crippen LogP contribution in [-0.2, 0) is 0 Å². The SMILES string of the molecule is CC(C)c1ccc(-c2ccc(N)nn2)c(C(C)C)c1. The predicted octanol–water partition coefficient (Wildman–Crippen LogP) is 3.97. The van der Waals surface area contributed by atoms with Crippen molar-refractivity contribution in [2.45, 2.75) is 39.5 Å². The number of hydrogen-bond acceptors (Lipinski definition) is 3. The van der Waals surface area contributed by atoms with Crippen LogP contribution in [0.5, 0.6) is 0 Å². The first-order valence-electron chi connectivity index (χ1n) is 6.72. The zero-order valence-electron chi connectivity index (χ0n) is 12.0. The lowest BCUT2D eigenvalue weighted by Crippen LogP contribution is -1.99. The van der Waals surface area contributed by atoms with Gasteiger partial charge in [0.25, 0.3) is 0 Å². The van der Waals surface area contributed by atoms with Crippen LogP contribution >= 0.6 is 0 Å². The molecule has 0 aliphatic rings. The molecule has 1 heterocycles. The van der Waals surface area contributed by atoms with Crippen LogP contribution < -0.4 is 5.73 Å². The molecule has 0 fully saturated rings. The maximum absolute atomic E-state index is 5.59. The summed E-state index contributed by atoms with van der Waals surface area (Å²) in [5.74, 6) is 1.44. The largest absolute Gasteiger partial charge is 0.382 e. The van der Waals surface area contributed by atoms with Gasteiger partial charge in [-0.05, 0) is 35.1 Å². The molecular formula is C16H21N3. The third kappa shape index (κ3) is 2.92. The molecule has 0 radical (unpaired) electrons. The van der Waals surface area contributed by atoms with Crippen LogP contribution in [0.1, 0.15) is 50.7 Å². The second-order valence-electron chi connectivity index (χ2n) is 5.50. The van der Waals surface area contributed by atoms with Gasteiger partial charge in [-0.2, -0.15) is 0 Å². The average molecular weight is 255 g/mol. The van der Waals surface area contributed by atoms with Crippen molar-refractivity contribution >= 4 is 5.82 Å². The lowest BCUT2D eigenvalue weighted by molar-refractivity contribution is 0.834. The third-order valence-corrected chi connectivity index (χ3v) is 3.33. The van der Waals surface area contributed by atoms with Crippen molar-refractivity contribution in [1.82, 2.24) is 10.2 Å². The molecule has 0 bridgehead atoms. The molecule has 3 heteroatoms. The fourth-order valence-corrected chi connectivity index (χ4v) is 2.14. The van der Waals surface area contributed by atoms with E-state index in [-0.39, 0.29) is 0 Å². The van der Waals surface area contributed by atoms with E-state index in [9.17, 15) is 0 Å². The molecule has 0 amide bonds. The van der Waals surface area contributed by atoms with Crippen molar-refractivity contribution in [2.24, 2.45) is 0 Å². The molecule has 1 aromatic carbocycles. The van der Waals surface area contributed by atoms with Gasteiger partial charge >= 0.3 is 0 Å². The Kier molecular flexibility index (Phi) is 3.84. The molecule has 0 aliphatic carbocycles. The highest BCUT2D eigenvalue weighted by atomic mass is 15.1. The maximum Gasteiger partial charge on any atom is 0.146 e. The highest BCUT2D eigenvalue weighted by molar-refractivity contribution is 5.65. The van der Waals surface area contributed by atoms with Gasteiger partial charge in [-0.1, -0.05) is 45.9 Å². The van der Waals surface area contributed by atoms with Crippen LogP contribution in [0.3, 0.4) is 0 Å². The minimum Gasteiger partial charge on any atom is -0.382 e. The number of anilines is 1. The van der Waals surface area contributed by atoms with E-state index in [1.54, 1.807) is 6.07 Å². The highest BCUT2D eigenvalue weighted by Crippen LogP contribution is 2.30.